The van der Waals surface area contributed by atoms with Crippen LogP contribution < -0.4 is 11.5 Å². The van der Waals surface area contributed by atoms with Crippen molar-refractivity contribution >= 4 is 43.8 Å². The van der Waals surface area contributed by atoms with E-state index >= 15 is 0 Å². The number of hydrogen-bond donors (Lipinski definition) is 4. The first-order valence-corrected chi connectivity index (χ1v) is 9.28. The van der Waals surface area contributed by atoms with Crippen LogP contribution in [-0.2, 0) is 20.2 Å². The van der Waals surface area contributed by atoms with Crippen LogP contribution in [0.15, 0.2) is 46.2 Å². The van der Waals surface area contributed by atoms with Gasteiger partial charge < -0.3 is 16.9 Å². The van der Waals surface area contributed by atoms with Gasteiger partial charge in [-0.3, -0.25) is 9.11 Å². The number of benzene rings is 2. The van der Waals surface area contributed by atoms with Gasteiger partial charge in [0.2, 0.25) is 0 Å². The molecule has 136 valence electrons. The van der Waals surface area contributed by atoms with Gasteiger partial charge >= 0.3 is 0 Å². The van der Waals surface area contributed by atoms with Crippen molar-refractivity contribution in [2.45, 2.75) is 9.79 Å². The minimum Gasteiger partial charge on any atom is -0.412 e. The van der Waals surface area contributed by atoms with Gasteiger partial charge in [-0.05, 0) is 35.4 Å². The summed E-state index contributed by atoms with van der Waals surface area (Å²) in [5.74, 6) is 0. The zero-order chi connectivity index (χ0) is 18.1. The molecule has 0 aromatic heterocycles. The van der Waals surface area contributed by atoms with Crippen molar-refractivity contribution in [1.82, 2.24) is 0 Å². The van der Waals surface area contributed by atoms with E-state index in [0.717, 1.165) is 12.1 Å². The third kappa shape index (κ3) is 5.01. The first-order chi connectivity index (χ1) is 11.0. The maximum atomic E-state index is 11.4. The van der Waals surface area contributed by atoms with Crippen LogP contribution in [0.4, 0.5) is 11.4 Å². The fraction of sp³-hybridized carbons (Fsp3) is 0. The summed E-state index contributed by atoms with van der Waals surface area (Å²) in [5, 5.41) is 0. The van der Waals surface area contributed by atoms with E-state index in [1.165, 1.54) is 36.4 Å². The molecule has 0 atom stereocenters. The maximum Gasteiger partial charge on any atom is 0.295 e. The predicted molar refractivity (Wildman–Crippen MR) is 93.9 cm³/mol. The lowest BCUT2D eigenvalue weighted by Gasteiger charge is -2.06. The van der Waals surface area contributed by atoms with E-state index in [9.17, 15) is 25.9 Å². The van der Waals surface area contributed by atoms with Crippen LogP contribution in [0.25, 0.3) is 12.2 Å². The van der Waals surface area contributed by atoms with Gasteiger partial charge in [0, 0.05) is 11.4 Å². The average Bonchev–Trinajstić information content (AvgIpc) is 2.45. The highest BCUT2D eigenvalue weighted by Crippen LogP contribution is 2.24. The fourth-order valence-electron chi connectivity index (χ4n) is 2.00. The van der Waals surface area contributed by atoms with Crippen LogP contribution in [0.2, 0.25) is 0 Å². The zero-order valence-electron chi connectivity index (χ0n) is 12.6. The molecule has 0 aliphatic heterocycles. The summed E-state index contributed by atoms with van der Waals surface area (Å²) < 4.78 is 64.1. The number of nitrogens with two attached hydrogens (primary N) is 2. The van der Waals surface area contributed by atoms with Crippen LogP contribution >= 0.6 is 0 Å². The quantitative estimate of drug-likeness (QED) is 0.333. The van der Waals surface area contributed by atoms with E-state index in [1.807, 2.05) is 0 Å². The molecular weight excluding hydrogens is 372 g/mol. The Morgan fingerprint density at radius 3 is 1.32 bits per heavy atom. The molecule has 0 saturated heterocycles. The summed E-state index contributed by atoms with van der Waals surface area (Å²) in [6.07, 6.45) is 2.53. The first-order valence-electron chi connectivity index (χ1n) is 6.40. The minimum absolute atomic E-state index is 0. The number of hydrogen-bond acceptors (Lipinski definition) is 6. The highest BCUT2D eigenvalue weighted by molar-refractivity contribution is 7.86. The Morgan fingerprint density at radius 1 is 0.720 bits per heavy atom. The third-order valence-electron chi connectivity index (χ3n) is 3.07. The molecule has 8 N–H and O–H groups in total. The van der Waals surface area contributed by atoms with E-state index in [4.69, 9.17) is 11.5 Å². The highest BCUT2D eigenvalue weighted by atomic mass is 32.2. The second kappa shape index (κ2) is 7.21. The second-order valence-electron chi connectivity index (χ2n) is 4.88. The van der Waals surface area contributed by atoms with Gasteiger partial charge in [0.1, 0.15) is 9.79 Å². The monoisotopic (exact) mass is 388 g/mol. The van der Waals surface area contributed by atoms with Crippen LogP contribution in [-0.4, -0.2) is 31.4 Å². The normalized spacial score (nSPS) is 12.1. The lowest BCUT2D eigenvalue weighted by Crippen LogP contribution is -2.03. The molecule has 25 heavy (non-hydrogen) atoms. The molecule has 11 heteroatoms. The average molecular weight is 388 g/mol. The lowest BCUT2D eigenvalue weighted by atomic mass is 10.1. The van der Waals surface area contributed by atoms with Crippen molar-refractivity contribution in [2.24, 2.45) is 0 Å². The largest absolute Gasteiger partial charge is 0.412 e. The molecule has 9 nitrogen and oxygen atoms in total. The van der Waals surface area contributed by atoms with Gasteiger partial charge in [0.05, 0.1) is 0 Å². The van der Waals surface area contributed by atoms with Crippen LogP contribution in [0.1, 0.15) is 11.1 Å². The zero-order valence-corrected chi connectivity index (χ0v) is 14.3. The Hall–Kier alpha value is -2.44. The summed E-state index contributed by atoms with van der Waals surface area (Å²) in [4.78, 5) is -0.856. The van der Waals surface area contributed by atoms with Crippen LogP contribution in [0.3, 0.4) is 0 Å². The number of anilines is 2. The van der Waals surface area contributed by atoms with E-state index in [0.29, 0.717) is 0 Å². The fourth-order valence-corrected chi connectivity index (χ4v) is 3.44. The van der Waals surface area contributed by atoms with Gasteiger partial charge in [-0.15, -0.1) is 0 Å². The van der Waals surface area contributed by atoms with Crippen molar-refractivity contribution in [3.63, 3.8) is 0 Å². The Labute approximate surface area is 144 Å². The molecular formula is C14H16N2O7S2. The van der Waals surface area contributed by atoms with Crippen LogP contribution in [0, 0.1) is 0 Å². The highest BCUT2D eigenvalue weighted by Gasteiger charge is 2.16. The van der Waals surface area contributed by atoms with E-state index in [-0.39, 0.29) is 28.0 Å². The predicted octanol–water partition coefficient (Wildman–Crippen LogP) is 0.690. The summed E-state index contributed by atoms with van der Waals surface area (Å²) in [7, 11) is -9.05. The maximum absolute atomic E-state index is 11.4. The Morgan fingerprint density at radius 2 is 1.04 bits per heavy atom. The van der Waals surface area contributed by atoms with E-state index in [2.05, 4.69) is 0 Å². The standard InChI is InChI=1S/C14H14N2O6S2.H2O/c15-11-5-3-9(13(7-11)23(17,18)19)1-2-10-4-6-12(16)8-14(10)24(20,21)22;/h1-8H,15-16H2,(H,17,18,19)(H,20,21,22);1H2. The molecule has 0 amide bonds. The molecule has 2 aromatic rings. The van der Waals surface area contributed by atoms with E-state index < -0.39 is 30.0 Å². The molecule has 0 spiro atoms. The Balaban J connectivity index is 0.00000312. The lowest BCUT2D eigenvalue weighted by molar-refractivity contribution is 0.480. The number of rotatable bonds is 4. The molecule has 0 bridgehead atoms. The Kier molecular flexibility index (Phi) is 5.94. The van der Waals surface area contributed by atoms with Gasteiger partial charge in [-0.1, -0.05) is 24.3 Å². The molecule has 0 saturated carbocycles. The summed E-state index contributed by atoms with van der Waals surface area (Å²) >= 11 is 0. The first kappa shape index (κ1) is 20.6. The molecule has 0 radical (unpaired) electrons. The Bertz CT molecular complexity index is 946. The smallest absolute Gasteiger partial charge is 0.295 e. The van der Waals surface area contributed by atoms with Crippen molar-refractivity contribution in [2.75, 3.05) is 11.5 Å². The molecule has 0 aliphatic carbocycles. The minimum atomic E-state index is -4.52. The summed E-state index contributed by atoms with van der Waals surface area (Å²) in [6, 6.07) is 7.67. The SMILES string of the molecule is Nc1ccc(C=Cc2ccc(N)cc2S(=O)(=O)O)c(S(=O)(=O)O)c1.O. The van der Waals surface area contributed by atoms with Crippen molar-refractivity contribution in [1.29, 1.82) is 0 Å². The molecule has 0 unspecified atom stereocenters. The molecule has 0 fully saturated rings. The van der Waals surface area contributed by atoms with E-state index in [1.54, 1.807) is 0 Å². The van der Waals surface area contributed by atoms with Gasteiger partial charge in [-0.25, -0.2) is 0 Å². The summed E-state index contributed by atoms with van der Waals surface area (Å²) in [6.45, 7) is 0. The van der Waals surface area contributed by atoms with Gasteiger partial charge in [0.25, 0.3) is 20.2 Å². The molecule has 2 aromatic carbocycles. The second-order valence-corrected chi connectivity index (χ2v) is 7.66. The molecule has 2 rings (SSSR count). The van der Waals surface area contributed by atoms with Crippen molar-refractivity contribution in [3.05, 3.63) is 47.5 Å². The topological polar surface area (TPSA) is 192 Å². The summed E-state index contributed by atoms with van der Waals surface area (Å²) in [5.41, 5.74) is 11.4. The number of nitrogen functional groups attached to an aromatic ring is 2. The molecule has 0 aliphatic rings. The van der Waals surface area contributed by atoms with Crippen molar-refractivity contribution < 1.29 is 31.4 Å². The van der Waals surface area contributed by atoms with Gasteiger partial charge in [-0.2, -0.15) is 16.8 Å². The van der Waals surface area contributed by atoms with Crippen LogP contribution in [0.5, 0.6) is 0 Å². The van der Waals surface area contributed by atoms with Crippen molar-refractivity contribution in [3.8, 4) is 0 Å². The van der Waals surface area contributed by atoms with Gasteiger partial charge in [0.15, 0.2) is 0 Å². The molecule has 0 heterocycles. The third-order valence-corrected chi connectivity index (χ3v) is 4.89.